The van der Waals surface area contributed by atoms with Crippen molar-refractivity contribution in [3.63, 3.8) is 0 Å². The van der Waals surface area contributed by atoms with Crippen molar-refractivity contribution >= 4 is 17.5 Å². The van der Waals surface area contributed by atoms with Gasteiger partial charge in [0.1, 0.15) is 0 Å². The second-order valence-electron chi connectivity index (χ2n) is 5.40. The molecule has 0 N–H and O–H groups in total. The van der Waals surface area contributed by atoms with Gasteiger partial charge in [-0.15, -0.1) is 0 Å². The smallest absolute Gasteiger partial charge is 0.247 e. The largest absolute Gasteiger partial charge is 0.273 e. The normalized spacial score (nSPS) is 15.8. The van der Waals surface area contributed by atoms with Gasteiger partial charge in [-0.05, 0) is 29.7 Å². The number of carbonyl (C=O) groups is 1. The molecule has 2 aromatic rings. The zero-order valence-electron chi connectivity index (χ0n) is 12.2. The molecule has 1 fully saturated rings. The first-order chi connectivity index (χ1) is 10.7. The molecule has 1 heterocycles. The van der Waals surface area contributed by atoms with Crippen LogP contribution in [0.15, 0.2) is 54.6 Å². The van der Waals surface area contributed by atoms with E-state index in [1.807, 2.05) is 42.5 Å². The van der Waals surface area contributed by atoms with Gasteiger partial charge in [0.05, 0.1) is 13.2 Å². The Bertz CT molecular complexity index is 621. The fourth-order valence-electron chi connectivity index (χ4n) is 2.73. The fourth-order valence-corrected chi connectivity index (χ4v) is 2.86. The predicted octanol–water partition coefficient (Wildman–Crippen LogP) is 4.03. The van der Waals surface area contributed by atoms with Crippen molar-refractivity contribution in [2.75, 3.05) is 13.2 Å². The molecule has 1 saturated heterocycles. The average Bonchev–Trinajstić information content (AvgIpc) is 3.09. The Kier molecular flexibility index (Phi) is 4.76. The van der Waals surface area contributed by atoms with Gasteiger partial charge < -0.3 is 0 Å². The van der Waals surface area contributed by atoms with Crippen LogP contribution in [0, 0.1) is 0 Å². The minimum atomic E-state index is 0.00941. The van der Waals surface area contributed by atoms with Gasteiger partial charge in [-0.3, -0.25) is 9.63 Å². The van der Waals surface area contributed by atoms with Gasteiger partial charge in [0.2, 0.25) is 5.91 Å². The first-order valence-corrected chi connectivity index (χ1v) is 7.85. The average molecular weight is 316 g/mol. The minimum Gasteiger partial charge on any atom is -0.273 e. The van der Waals surface area contributed by atoms with E-state index in [1.165, 1.54) is 5.06 Å². The summed E-state index contributed by atoms with van der Waals surface area (Å²) in [7, 11) is 0. The molecule has 0 bridgehead atoms. The van der Waals surface area contributed by atoms with Crippen LogP contribution >= 0.6 is 11.6 Å². The summed E-state index contributed by atoms with van der Waals surface area (Å²) in [5.74, 6) is 0.0384. The second-order valence-corrected chi connectivity index (χ2v) is 5.84. The van der Waals surface area contributed by atoms with Crippen molar-refractivity contribution in [3.8, 4) is 0 Å². The summed E-state index contributed by atoms with van der Waals surface area (Å²) in [6.07, 6.45) is 1.30. The first-order valence-electron chi connectivity index (χ1n) is 7.48. The number of rotatable bonds is 4. The molecule has 0 unspecified atom stereocenters. The molecule has 1 atom stereocenters. The van der Waals surface area contributed by atoms with E-state index in [2.05, 4.69) is 12.1 Å². The van der Waals surface area contributed by atoms with Crippen LogP contribution in [0.4, 0.5) is 0 Å². The van der Waals surface area contributed by atoms with Gasteiger partial charge in [0, 0.05) is 17.4 Å². The molecule has 0 saturated carbocycles. The summed E-state index contributed by atoms with van der Waals surface area (Å²) in [6, 6.07) is 17.8. The Morgan fingerprint density at radius 2 is 1.77 bits per heavy atom. The minimum absolute atomic E-state index is 0.00941. The van der Waals surface area contributed by atoms with Crippen molar-refractivity contribution in [1.29, 1.82) is 0 Å². The van der Waals surface area contributed by atoms with E-state index in [1.54, 1.807) is 0 Å². The summed E-state index contributed by atoms with van der Waals surface area (Å²) >= 11 is 5.98. The number of benzene rings is 2. The van der Waals surface area contributed by atoms with Gasteiger partial charge in [-0.1, -0.05) is 54.1 Å². The van der Waals surface area contributed by atoms with E-state index >= 15 is 0 Å². The zero-order chi connectivity index (χ0) is 15.4. The molecule has 0 spiro atoms. The second kappa shape index (κ2) is 6.95. The molecule has 4 heteroatoms. The van der Waals surface area contributed by atoms with Gasteiger partial charge in [0.15, 0.2) is 0 Å². The van der Waals surface area contributed by atoms with Crippen LogP contribution in [-0.4, -0.2) is 24.1 Å². The van der Waals surface area contributed by atoms with Gasteiger partial charge >= 0.3 is 0 Å². The fraction of sp³-hybridized carbons (Fsp3) is 0.278. The van der Waals surface area contributed by atoms with Crippen molar-refractivity contribution in [3.05, 3.63) is 70.7 Å². The standard InChI is InChI=1S/C18H18ClNO2/c19-16-9-7-15(8-10-16)17(14-5-2-1-3-6-14)13-18(21)20-11-4-12-22-20/h1-3,5-10,17H,4,11-13H2/t17-/m0/s1. The highest BCUT2D eigenvalue weighted by Crippen LogP contribution is 2.30. The number of carbonyl (C=O) groups excluding carboxylic acids is 1. The van der Waals surface area contributed by atoms with Crippen molar-refractivity contribution in [2.24, 2.45) is 0 Å². The Labute approximate surface area is 135 Å². The quantitative estimate of drug-likeness (QED) is 0.852. The van der Waals surface area contributed by atoms with Crippen molar-refractivity contribution in [1.82, 2.24) is 5.06 Å². The summed E-state index contributed by atoms with van der Waals surface area (Å²) in [5, 5.41) is 2.19. The molecular weight excluding hydrogens is 298 g/mol. The third-order valence-electron chi connectivity index (χ3n) is 3.88. The summed E-state index contributed by atoms with van der Waals surface area (Å²) < 4.78 is 0. The number of hydroxylamine groups is 2. The van der Waals surface area contributed by atoms with Crippen LogP contribution in [0.2, 0.25) is 5.02 Å². The Morgan fingerprint density at radius 3 is 2.41 bits per heavy atom. The van der Waals surface area contributed by atoms with Crippen LogP contribution in [0.3, 0.4) is 0 Å². The van der Waals surface area contributed by atoms with E-state index in [0.29, 0.717) is 24.6 Å². The highest BCUT2D eigenvalue weighted by Gasteiger charge is 2.24. The molecule has 1 aliphatic heterocycles. The highest BCUT2D eigenvalue weighted by molar-refractivity contribution is 6.30. The van der Waals surface area contributed by atoms with Crippen molar-refractivity contribution < 1.29 is 9.63 Å². The predicted molar refractivity (Wildman–Crippen MR) is 86.6 cm³/mol. The van der Waals surface area contributed by atoms with Crippen LogP contribution in [-0.2, 0) is 9.63 Å². The third-order valence-corrected chi connectivity index (χ3v) is 4.14. The summed E-state index contributed by atoms with van der Waals surface area (Å²) in [4.78, 5) is 17.8. The van der Waals surface area contributed by atoms with E-state index in [-0.39, 0.29) is 11.8 Å². The van der Waals surface area contributed by atoms with Gasteiger partial charge in [0.25, 0.3) is 0 Å². The Hall–Kier alpha value is -1.84. The van der Waals surface area contributed by atoms with Crippen LogP contribution in [0.5, 0.6) is 0 Å². The van der Waals surface area contributed by atoms with Gasteiger partial charge in [-0.2, -0.15) is 0 Å². The summed E-state index contributed by atoms with van der Waals surface area (Å²) in [5.41, 5.74) is 2.21. The highest BCUT2D eigenvalue weighted by atomic mass is 35.5. The maximum Gasteiger partial charge on any atom is 0.247 e. The third kappa shape index (κ3) is 3.49. The maximum atomic E-state index is 12.4. The lowest BCUT2D eigenvalue weighted by molar-refractivity contribution is -0.168. The molecule has 2 aromatic carbocycles. The van der Waals surface area contributed by atoms with Crippen LogP contribution in [0.1, 0.15) is 29.9 Å². The van der Waals surface area contributed by atoms with Crippen LogP contribution in [0.25, 0.3) is 0 Å². The molecule has 1 amide bonds. The number of nitrogens with zero attached hydrogens (tertiary/aromatic N) is 1. The molecular formula is C18H18ClNO2. The van der Waals surface area contributed by atoms with E-state index in [0.717, 1.165) is 17.5 Å². The monoisotopic (exact) mass is 315 g/mol. The van der Waals surface area contributed by atoms with E-state index in [9.17, 15) is 4.79 Å². The Balaban J connectivity index is 1.86. The molecule has 0 aliphatic carbocycles. The maximum absolute atomic E-state index is 12.4. The number of hydrogen-bond acceptors (Lipinski definition) is 2. The van der Waals surface area contributed by atoms with Gasteiger partial charge in [-0.25, -0.2) is 5.06 Å². The summed E-state index contributed by atoms with van der Waals surface area (Å²) in [6.45, 7) is 1.31. The van der Waals surface area contributed by atoms with Crippen LogP contribution < -0.4 is 0 Å². The topological polar surface area (TPSA) is 29.5 Å². The molecule has 1 aliphatic rings. The molecule has 0 radical (unpaired) electrons. The molecule has 0 aromatic heterocycles. The Morgan fingerprint density at radius 1 is 1.09 bits per heavy atom. The first kappa shape index (κ1) is 15.1. The zero-order valence-corrected chi connectivity index (χ0v) is 13.0. The number of halogens is 1. The molecule has 22 heavy (non-hydrogen) atoms. The molecule has 3 rings (SSSR count). The van der Waals surface area contributed by atoms with E-state index < -0.39 is 0 Å². The lowest BCUT2D eigenvalue weighted by atomic mass is 9.88. The lowest BCUT2D eigenvalue weighted by Crippen LogP contribution is -2.28. The SMILES string of the molecule is O=C(C[C@@H](c1ccccc1)c1ccc(Cl)cc1)N1CCCO1. The molecule has 3 nitrogen and oxygen atoms in total. The van der Waals surface area contributed by atoms with E-state index in [4.69, 9.17) is 16.4 Å². The molecule has 114 valence electrons. The lowest BCUT2D eigenvalue weighted by Gasteiger charge is -2.21. The number of hydrogen-bond donors (Lipinski definition) is 0. The number of amides is 1. The van der Waals surface area contributed by atoms with Crippen molar-refractivity contribution in [2.45, 2.75) is 18.8 Å².